The Morgan fingerprint density at radius 3 is 2.72 bits per heavy atom. The van der Waals surface area contributed by atoms with Crippen LogP contribution in [-0.2, 0) is 0 Å². The molecule has 18 heavy (non-hydrogen) atoms. The van der Waals surface area contributed by atoms with E-state index in [4.69, 9.17) is 4.74 Å². The van der Waals surface area contributed by atoms with Crippen LogP contribution in [0.25, 0.3) is 0 Å². The first-order chi connectivity index (χ1) is 8.69. The minimum atomic E-state index is 0.187. The van der Waals surface area contributed by atoms with Crippen molar-refractivity contribution in [3.8, 4) is 11.5 Å². The highest BCUT2D eigenvalue weighted by atomic mass is 16.5. The first kappa shape index (κ1) is 12.2. The van der Waals surface area contributed by atoms with Crippen molar-refractivity contribution in [3.63, 3.8) is 0 Å². The summed E-state index contributed by atoms with van der Waals surface area (Å²) in [4.78, 5) is 4.33. The average Bonchev–Trinajstić information content (AvgIpc) is 2.38. The van der Waals surface area contributed by atoms with E-state index in [1.807, 2.05) is 31.2 Å². The summed E-state index contributed by atoms with van der Waals surface area (Å²) in [5.74, 6) is 0.880. The Morgan fingerprint density at radius 2 is 2.00 bits per heavy atom. The molecule has 0 atom stereocenters. The van der Waals surface area contributed by atoms with E-state index in [1.165, 1.54) is 0 Å². The maximum absolute atomic E-state index is 9.72. The zero-order valence-corrected chi connectivity index (χ0v) is 10.4. The van der Waals surface area contributed by atoms with Gasteiger partial charge in [-0.15, -0.1) is 0 Å². The second kappa shape index (κ2) is 5.36. The quantitative estimate of drug-likeness (QED) is 0.836. The molecule has 92 valence electrons. The molecule has 0 unspecified atom stereocenters. The van der Waals surface area contributed by atoms with Crippen LogP contribution in [-0.4, -0.2) is 18.4 Å². The van der Waals surface area contributed by atoms with E-state index in [1.54, 1.807) is 31.5 Å². The highest BCUT2D eigenvalue weighted by Crippen LogP contribution is 2.22. The number of phenols is 1. The predicted molar refractivity (Wildman–Crippen MR) is 73.1 cm³/mol. The van der Waals surface area contributed by atoms with Crippen LogP contribution in [0.3, 0.4) is 0 Å². The molecule has 0 saturated carbocycles. The smallest absolute Gasteiger partial charge is 0.124 e. The van der Waals surface area contributed by atoms with Gasteiger partial charge in [0.15, 0.2) is 0 Å². The monoisotopic (exact) mass is 241 g/mol. The Bertz CT molecular complexity index is 576. The molecular weight excluding hydrogens is 226 g/mol. The molecule has 0 aliphatic carbocycles. The first-order valence-corrected chi connectivity index (χ1v) is 5.67. The van der Waals surface area contributed by atoms with Gasteiger partial charge in [0.2, 0.25) is 0 Å². The number of rotatable bonds is 3. The van der Waals surface area contributed by atoms with Crippen molar-refractivity contribution in [1.29, 1.82) is 0 Å². The van der Waals surface area contributed by atoms with Gasteiger partial charge in [0.1, 0.15) is 11.5 Å². The Morgan fingerprint density at radius 1 is 1.17 bits per heavy atom. The fourth-order valence-electron chi connectivity index (χ4n) is 1.62. The number of phenolic OH excluding ortho intramolecular Hbond substituents is 1. The van der Waals surface area contributed by atoms with Gasteiger partial charge < -0.3 is 9.84 Å². The molecule has 0 amide bonds. The number of hydrogen-bond acceptors (Lipinski definition) is 3. The van der Waals surface area contributed by atoms with E-state index in [-0.39, 0.29) is 5.75 Å². The predicted octanol–water partition coefficient (Wildman–Crippen LogP) is 3.46. The summed E-state index contributed by atoms with van der Waals surface area (Å²) in [6.07, 6.45) is 1.63. The van der Waals surface area contributed by atoms with Gasteiger partial charge >= 0.3 is 0 Å². The molecule has 0 fully saturated rings. The number of benzene rings is 2. The third-order valence-electron chi connectivity index (χ3n) is 2.59. The van der Waals surface area contributed by atoms with E-state index in [0.29, 0.717) is 11.3 Å². The molecule has 0 radical (unpaired) electrons. The standard InChI is InChI=1S/C15H15NO2/c1-11-4-3-5-13(8-11)16-10-12-9-14(18-2)6-7-15(12)17/h3-10,17H,1-2H3. The van der Waals surface area contributed by atoms with Crippen molar-refractivity contribution in [2.75, 3.05) is 7.11 Å². The third kappa shape index (κ3) is 2.88. The SMILES string of the molecule is COc1ccc(O)c(C=Nc2cccc(C)c2)c1. The number of hydrogen-bond donors (Lipinski definition) is 1. The van der Waals surface area contributed by atoms with Crippen molar-refractivity contribution in [1.82, 2.24) is 0 Å². The summed E-state index contributed by atoms with van der Waals surface area (Å²) in [6.45, 7) is 2.02. The molecule has 3 heteroatoms. The van der Waals surface area contributed by atoms with E-state index < -0.39 is 0 Å². The van der Waals surface area contributed by atoms with Crippen LogP contribution in [0.15, 0.2) is 47.5 Å². The lowest BCUT2D eigenvalue weighted by atomic mass is 10.2. The number of aliphatic imine (C=N–C) groups is 1. The van der Waals surface area contributed by atoms with E-state index in [9.17, 15) is 5.11 Å². The van der Waals surface area contributed by atoms with Crippen molar-refractivity contribution >= 4 is 11.9 Å². The lowest BCUT2D eigenvalue weighted by molar-refractivity contribution is 0.412. The molecule has 3 nitrogen and oxygen atoms in total. The van der Waals surface area contributed by atoms with Crippen molar-refractivity contribution < 1.29 is 9.84 Å². The summed E-state index contributed by atoms with van der Waals surface area (Å²) in [5.41, 5.74) is 2.65. The summed E-state index contributed by atoms with van der Waals surface area (Å²) >= 11 is 0. The highest BCUT2D eigenvalue weighted by Gasteiger charge is 2.00. The molecular formula is C15H15NO2. The van der Waals surface area contributed by atoms with Gasteiger partial charge in [-0.1, -0.05) is 12.1 Å². The van der Waals surface area contributed by atoms with Crippen LogP contribution in [0, 0.1) is 6.92 Å². The van der Waals surface area contributed by atoms with Gasteiger partial charge in [0, 0.05) is 11.8 Å². The lowest BCUT2D eigenvalue weighted by Crippen LogP contribution is -1.87. The van der Waals surface area contributed by atoms with Crippen molar-refractivity contribution in [2.45, 2.75) is 6.92 Å². The molecule has 0 aliphatic heterocycles. The average molecular weight is 241 g/mol. The zero-order valence-electron chi connectivity index (χ0n) is 10.4. The lowest BCUT2D eigenvalue weighted by Gasteiger charge is -2.03. The van der Waals surface area contributed by atoms with Crippen molar-refractivity contribution in [2.24, 2.45) is 4.99 Å². The Hall–Kier alpha value is -2.29. The van der Waals surface area contributed by atoms with E-state index in [0.717, 1.165) is 11.3 Å². The topological polar surface area (TPSA) is 41.8 Å². The second-order valence-electron chi connectivity index (χ2n) is 4.02. The minimum absolute atomic E-state index is 0.187. The molecule has 2 aromatic rings. The molecule has 2 aromatic carbocycles. The fraction of sp³-hybridized carbons (Fsp3) is 0.133. The molecule has 0 heterocycles. The van der Waals surface area contributed by atoms with Gasteiger partial charge in [0.05, 0.1) is 12.8 Å². The van der Waals surface area contributed by atoms with Gasteiger partial charge in [0.25, 0.3) is 0 Å². The van der Waals surface area contributed by atoms with Crippen LogP contribution in [0.5, 0.6) is 11.5 Å². The Labute approximate surface area is 106 Å². The number of ether oxygens (including phenoxy) is 1. The minimum Gasteiger partial charge on any atom is -0.507 e. The molecule has 0 saturated heterocycles. The summed E-state index contributed by atoms with van der Waals surface area (Å²) in [6, 6.07) is 12.9. The van der Waals surface area contributed by atoms with Gasteiger partial charge in [-0.2, -0.15) is 0 Å². The first-order valence-electron chi connectivity index (χ1n) is 5.67. The highest BCUT2D eigenvalue weighted by molar-refractivity contribution is 5.85. The maximum Gasteiger partial charge on any atom is 0.124 e. The molecule has 0 bridgehead atoms. The van der Waals surface area contributed by atoms with Crippen LogP contribution >= 0.6 is 0 Å². The number of nitrogens with zero attached hydrogens (tertiary/aromatic N) is 1. The summed E-state index contributed by atoms with van der Waals surface area (Å²) in [5, 5.41) is 9.72. The van der Waals surface area contributed by atoms with Crippen LogP contribution < -0.4 is 4.74 Å². The zero-order chi connectivity index (χ0) is 13.0. The number of aryl methyl sites for hydroxylation is 1. The van der Waals surface area contributed by atoms with Gasteiger partial charge in [-0.05, 0) is 42.8 Å². The van der Waals surface area contributed by atoms with Crippen LogP contribution in [0.4, 0.5) is 5.69 Å². The summed E-state index contributed by atoms with van der Waals surface area (Å²) in [7, 11) is 1.59. The summed E-state index contributed by atoms with van der Waals surface area (Å²) < 4.78 is 5.11. The molecule has 0 spiro atoms. The number of methoxy groups -OCH3 is 1. The van der Waals surface area contributed by atoms with Gasteiger partial charge in [-0.3, -0.25) is 4.99 Å². The Kier molecular flexibility index (Phi) is 3.63. The fourth-order valence-corrected chi connectivity index (χ4v) is 1.62. The third-order valence-corrected chi connectivity index (χ3v) is 2.59. The molecule has 2 rings (SSSR count). The largest absolute Gasteiger partial charge is 0.507 e. The molecule has 1 N–H and O–H groups in total. The molecule has 0 aliphatic rings. The van der Waals surface area contributed by atoms with Crippen molar-refractivity contribution in [3.05, 3.63) is 53.6 Å². The number of aromatic hydroxyl groups is 1. The Balaban J connectivity index is 2.28. The van der Waals surface area contributed by atoms with E-state index in [2.05, 4.69) is 4.99 Å². The van der Waals surface area contributed by atoms with Crippen LogP contribution in [0.1, 0.15) is 11.1 Å². The second-order valence-corrected chi connectivity index (χ2v) is 4.02. The van der Waals surface area contributed by atoms with Gasteiger partial charge in [-0.25, -0.2) is 0 Å². The maximum atomic E-state index is 9.72. The van der Waals surface area contributed by atoms with E-state index >= 15 is 0 Å². The van der Waals surface area contributed by atoms with Crippen LogP contribution in [0.2, 0.25) is 0 Å². The normalized spacial score (nSPS) is 10.8. The molecule has 0 aromatic heterocycles.